The van der Waals surface area contributed by atoms with Crippen molar-refractivity contribution in [2.24, 2.45) is 0 Å². The first-order chi connectivity index (χ1) is 15.2. The summed E-state index contributed by atoms with van der Waals surface area (Å²) in [5, 5.41) is 11.3. The molecule has 0 radical (unpaired) electrons. The first-order valence-electron chi connectivity index (χ1n) is 12.8. The molecule has 0 saturated heterocycles. The number of unbranched alkanes of at least 4 members (excludes halogenated alkanes) is 14. The van der Waals surface area contributed by atoms with Gasteiger partial charge in [0.25, 0.3) is 0 Å². The van der Waals surface area contributed by atoms with Gasteiger partial charge in [0.2, 0.25) is 5.91 Å². The molecule has 2 N–H and O–H groups in total. The molecule has 0 fully saturated rings. The molecule has 1 amide bonds. The Morgan fingerprint density at radius 2 is 1.06 bits per heavy atom. The summed E-state index contributed by atoms with van der Waals surface area (Å²) >= 11 is 0. The molecule has 0 aromatic rings. The highest BCUT2D eigenvalue weighted by Gasteiger charge is 2.01. The van der Waals surface area contributed by atoms with Gasteiger partial charge in [-0.1, -0.05) is 96.8 Å². The van der Waals surface area contributed by atoms with Crippen LogP contribution in [-0.4, -0.2) is 50.0 Å². The number of carbonyl (C=O) groups excluding carboxylic acids is 1. The molecule has 6 heteroatoms. The van der Waals surface area contributed by atoms with Crippen LogP contribution in [-0.2, 0) is 19.1 Å². The molecular formula is C25H49NO5. The summed E-state index contributed by atoms with van der Waals surface area (Å²) < 4.78 is 10.5. The quantitative estimate of drug-likeness (QED) is 0.172. The Balaban J connectivity index is 3.15. The van der Waals surface area contributed by atoms with Crippen LogP contribution in [0.3, 0.4) is 0 Å². The van der Waals surface area contributed by atoms with Crippen LogP contribution in [0.4, 0.5) is 0 Å². The molecule has 6 nitrogen and oxygen atoms in total. The van der Waals surface area contributed by atoms with Gasteiger partial charge in [0.1, 0.15) is 0 Å². The Hall–Kier alpha value is -1.14. The summed E-state index contributed by atoms with van der Waals surface area (Å²) in [5.41, 5.74) is 0. The molecule has 0 aromatic carbocycles. The molecule has 0 unspecified atom stereocenters. The van der Waals surface area contributed by atoms with Crippen molar-refractivity contribution >= 4 is 11.9 Å². The van der Waals surface area contributed by atoms with Gasteiger partial charge in [-0.25, -0.2) is 0 Å². The highest BCUT2D eigenvalue weighted by atomic mass is 16.5. The van der Waals surface area contributed by atoms with Crippen LogP contribution in [0.2, 0.25) is 0 Å². The third-order valence-corrected chi connectivity index (χ3v) is 5.41. The van der Waals surface area contributed by atoms with Crippen molar-refractivity contribution in [3.63, 3.8) is 0 Å². The summed E-state index contributed by atoms with van der Waals surface area (Å²) in [4.78, 5) is 22.1. The summed E-state index contributed by atoms with van der Waals surface area (Å²) in [6, 6.07) is 0. The van der Waals surface area contributed by atoms with E-state index >= 15 is 0 Å². The van der Waals surface area contributed by atoms with Gasteiger partial charge < -0.3 is 19.9 Å². The van der Waals surface area contributed by atoms with Crippen LogP contribution in [0, 0.1) is 0 Å². The Morgan fingerprint density at radius 1 is 0.613 bits per heavy atom. The SMILES string of the molecule is CCCCCCCCCCCCCCCCCC(=O)NCCOCCOCCC(=O)O. The van der Waals surface area contributed by atoms with Gasteiger partial charge in [-0.05, 0) is 6.42 Å². The monoisotopic (exact) mass is 443 g/mol. The largest absolute Gasteiger partial charge is 0.481 e. The predicted octanol–water partition coefficient (Wildman–Crippen LogP) is 5.87. The van der Waals surface area contributed by atoms with Gasteiger partial charge >= 0.3 is 5.97 Å². The normalized spacial score (nSPS) is 11.0. The van der Waals surface area contributed by atoms with Gasteiger partial charge in [0, 0.05) is 13.0 Å². The van der Waals surface area contributed by atoms with Crippen LogP contribution in [0.5, 0.6) is 0 Å². The van der Waals surface area contributed by atoms with E-state index < -0.39 is 5.97 Å². The number of carboxylic acid groups (broad SMARTS) is 1. The van der Waals surface area contributed by atoms with Crippen molar-refractivity contribution in [1.82, 2.24) is 5.32 Å². The molecule has 0 aliphatic rings. The standard InChI is InChI=1S/C25H49NO5/c1-2-3-4-5-6-7-8-9-10-11-12-13-14-15-16-17-24(27)26-19-21-31-23-22-30-20-18-25(28)29/h2-23H2,1H3,(H,26,27)(H,28,29). The van der Waals surface area contributed by atoms with Crippen molar-refractivity contribution < 1.29 is 24.2 Å². The molecule has 0 aliphatic heterocycles. The lowest BCUT2D eigenvalue weighted by Gasteiger charge is -2.07. The lowest BCUT2D eigenvalue weighted by molar-refractivity contribution is -0.138. The van der Waals surface area contributed by atoms with Crippen LogP contribution in [0.1, 0.15) is 116 Å². The first-order valence-corrected chi connectivity index (χ1v) is 12.8. The van der Waals surface area contributed by atoms with Crippen molar-refractivity contribution in [3.8, 4) is 0 Å². The van der Waals surface area contributed by atoms with Crippen LogP contribution >= 0.6 is 0 Å². The van der Waals surface area contributed by atoms with E-state index in [1.807, 2.05) is 0 Å². The summed E-state index contributed by atoms with van der Waals surface area (Å²) in [6.45, 7) is 4.22. The zero-order chi connectivity index (χ0) is 22.8. The number of carbonyl (C=O) groups is 2. The maximum absolute atomic E-state index is 11.8. The number of rotatable bonds is 25. The molecule has 0 aliphatic carbocycles. The van der Waals surface area contributed by atoms with Gasteiger partial charge in [0.05, 0.1) is 32.8 Å². The minimum atomic E-state index is -0.863. The van der Waals surface area contributed by atoms with Gasteiger partial charge in [-0.15, -0.1) is 0 Å². The number of hydrogen-bond donors (Lipinski definition) is 2. The minimum Gasteiger partial charge on any atom is -0.481 e. The highest BCUT2D eigenvalue weighted by molar-refractivity contribution is 5.75. The number of ether oxygens (including phenoxy) is 2. The molecule has 31 heavy (non-hydrogen) atoms. The smallest absolute Gasteiger partial charge is 0.305 e. The average Bonchev–Trinajstić information content (AvgIpc) is 2.75. The molecule has 0 heterocycles. The van der Waals surface area contributed by atoms with E-state index in [-0.39, 0.29) is 18.9 Å². The second-order valence-corrected chi connectivity index (χ2v) is 8.42. The van der Waals surface area contributed by atoms with Gasteiger partial charge in [0.15, 0.2) is 0 Å². The average molecular weight is 444 g/mol. The second kappa shape index (κ2) is 25.1. The maximum Gasteiger partial charge on any atom is 0.305 e. The molecule has 0 saturated carbocycles. The first kappa shape index (κ1) is 29.9. The number of amides is 1. The highest BCUT2D eigenvalue weighted by Crippen LogP contribution is 2.13. The zero-order valence-electron chi connectivity index (χ0n) is 20.1. The number of nitrogens with one attached hydrogen (secondary N) is 1. The molecule has 0 spiro atoms. The predicted molar refractivity (Wildman–Crippen MR) is 126 cm³/mol. The molecule has 0 bridgehead atoms. The Morgan fingerprint density at radius 3 is 1.55 bits per heavy atom. The molecule has 184 valence electrons. The summed E-state index contributed by atoms with van der Waals surface area (Å²) in [7, 11) is 0. The van der Waals surface area contributed by atoms with Crippen molar-refractivity contribution in [2.75, 3.05) is 33.0 Å². The lowest BCUT2D eigenvalue weighted by atomic mass is 10.0. The summed E-state index contributed by atoms with van der Waals surface area (Å²) in [6.07, 6.45) is 20.5. The lowest BCUT2D eigenvalue weighted by Crippen LogP contribution is -2.27. The van der Waals surface area contributed by atoms with Crippen molar-refractivity contribution in [1.29, 1.82) is 0 Å². The van der Waals surface area contributed by atoms with E-state index in [1.54, 1.807) is 0 Å². The number of hydrogen-bond acceptors (Lipinski definition) is 4. The van der Waals surface area contributed by atoms with Gasteiger partial charge in [-0.3, -0.25) is 9.59 Å². The van der Waals surface area contributed by atoms with Crippen molar-refractivity contribution in [2.45, 2.75) is 116 Å². The van der Waals surface area contributed by atoms with E-state index in [1.165, 1.54) is 83.5 Å². The zero-order valence-corrected chi connectivity index (χ0v) is 20.1. The third-order valence-electron chi connectivity index (χ3n) is 5.41. The Kier molecular flexibility index (Phi) is 24.2. The van der Waals surface area contributed by atoms with E-state index in [9.17, 15) is 9.59 Å². The van der Waals surface area contributed by atoms with Gasteiger partial charge in [-0.2, -0.15) is 0 Å². The molecule has 0 aromatic heterocycles. The van der Waals surface area contributed by atoms with E-state index in [0.717, 1.165) is 12.8 Å². The van der Waals surface area contributed by atoms with Crippen LogP contribution < -0.4 is 5.32 Å². The maximum atomic E-state index is 11.8. The van der Waals surface area contributed by atoms with Crippen molar-refractivity contribution in [3.05, 3.63) is 0 Å². The topological polar surface area (TPSA) is 84.9 Å². The van der Waals surface area contributed by atoms with E-state index in [4.69, 9.17) is 14.6 Å². The molecule has 0 atom stereocenters. The second-order valence-electron chi connectivity index (χ2n) is 8.42. The van der Waals surface area contributed by atoms with Crippen LogP contribution in [0.25, 0.3) is 0 Å². The fraction of sp³-hybridized carbons (Fsp3) is 0.920. The minimum absolute atomic E-state index is 0.00929. The number of aliphatic carboxylic acids is 1. The Labute approximate surface area is 190 Å². The summed E-state index contributed by atoms with van der Waals surface area (Å²) in [5.74, 6) is -0.770. The fourth-order valence-electron chi connectivity index (χ4n) is 3.49. The van der Waals surface area contributed by atoms with E-state index in [0.29, 0.717) is 32.8 Å². The van der Waals surface area contributed by atoms with Crippen LogP contribution in [0.15, 0.2) is 0 Å². The molecular weight excluding hydrogens is 394 g/mol. The fourth-order valence-corrected chi connectivity index (χ4v) is 3.49. The molecule has 0 rings (SSSR count). The third kappa shape index (κ3) is 26.8. The Bertz CT molecular complexity index is 403. The number of carboxylic acids is 1. The van der Waals surface area contributed by atoms with E-state index in [2.05, 4.69) is 12.2 Å².